The molecule has 0 spiro atoms. The van der Waals surface area contributed by atoms with Gasteiger partial charge < -0.3 is 9.88 Å². The lowest BCUT2D eigenvalue weighted by Crippen LogP contribution is -2.27. The molecule has 0 aliphatic heterocycles. The minimum absolute atomic E-state index is 0.0535. The molecule has 0 fully saturated rings. The van der Waals surface area contributed by atoms with E-state index in [9.17, 15) is 13.6 Å². The van der Waals surface area contributed by atoms with Crippen molar-refractivity contribution in [3.05, 3.63) is 45.1 Å². The van der Waals surface area contributed by atoms with Crippen molar-refractivity contribution in [2.24, 2.45) is 0 Å². The SMILES string of the molecule is O=C(Cn1c(SC(F)F)nc2ccccc21)NCc1ccc(Br)s1. The van der Waals surface area contributed by atoms with Crippen LogP contribution in [0.5, 0.6) is 0 Å². The molecule has 2 heterocycles. The summed E-state index contributed by atoms with van der Waals surface area (Å²) in [4.78, 5) is 17.4. The summed E-state index contributed by atoms with van der Waals surface area (Å²) in [7, 11) is 0. The number of carbonyl (C=O) groups excluding carboxylic acids is 1. The summed E-state index contributed by atoms with van der Waals surface area (Å²) in [5.74, 6) is -2.84. The van der Waals surface area contributed by atoms with Crippen LogP contribution < -0.4 is 5.32 Å². The molecule has 0 bridgehead atoms. The number of para-hydroxylation sites is 2. The Morgan fingerprint density at radius 2 is 2.12 bits per heavy atom. The van der Waals surface area contributed by atoms with Gasteiger partial charge in [0.05, 0.1) is 21.4 Å². The number of alkyl halides is 2. The lowest BCUT2D eigenvalue weighted by molar-refractivity contribution is -0.121. The van der Waals surface area contributed by atoms with Crippen LogP contribution in [0.15, 0.2) is 45.3 Å². The van der Waals surface area contributed by atoms with E-state index in [4.69, 9.17) is 0 Å². The van der Waals surface area contributed by atoms with Crippen LogP contribution in [0, 0.1) is 0 Å². The summed E-state index contributed by atoms with van der Waals surface area (Å²) in [5, 5.41) is 2.94. The van der Waals surface area contributed by atoms with Gasteiger partial charge >= 0.3 is 0 Å². The Kier molecular flexibility index (Phi) is 5.52. The largest absolute Gasteiger partial charge is 0.350 e. The van der Waals surface area contributed by atoms with Crippen molar-refractivity contribution < 1.29 is 13.6 Å². The maximum absolute atomic E-state index is 12.7. The van der Waals surface area contributed by atoms with Gasteiger partial charge in [-0.3, -0.25) is 4.79 Å². The molecule has 0 aliphatic carbocycles. The van der Waals surface area contributed by atoms with E-state index in [1.54, 1.807) is 24.3 Å². The van der Waals surface area contributed by atoms with Crippen molar-refractivity contribution >= 4 is 56.0 Å². The number of amides is 1. The Morgan fingerprint density at radius 3 is 2.83 bits per heavy atom. The minimum Gasteiger partial charge on any atom is -0.350 e. The number of hydrogen-bond acceptors (Lipinski definition) is 4. The van der Waals surface area contributed by atoms with Gasteiger partial charge in [-0.25, -0.2) is 4.98 Å². The van der Waals surface area contributed by atoms with Gasteiger partial charge in [0.15, 0.2) is 5.16 Å². The molecule has 1 aromatic carbocycles. The molecule has 4 nitrogen and oxygen atoms in total. The number of carbonyl (C=O) groups is 1. The van der Waals surface area contributed by atoms with E-state index in [1.165, 1.54) is 15.9 Å². The Morgan fingerprint density at radius 1 is 1.33 bits per heavy atom. The van der Waals surface area contributed by atoms with Crippen LogP contribution >= 0.6 is 39.0 Å². The maximum Gasteiger partial charge on any atom is 0.291 e. The second-order valence-electron chi connectivity index (χ2n) is 4.83. The first kappa shape index (κ1) is 17.4. The zero-order valence-electron chi connectivity index (χ0n) is 12.2. The van der Waals surface area contributed by atoms with Crippen molar-refractivity contribution in [2.75, 3.05) is 0 Å². The number of nitrogens with one attached hydrogen (secondary N) is 1. The maximum atomic E-state index is 12.7. The molecule has 3 rings (SSSR count). The van der Waals surface area contributed by atoms with Crippen molar-refractivity contribution in [2.45, 2.75) is 24.0 Å². The smallest absolute Gasteiger partial charge is 0.291 e. The number of benzene rings is 1. The predicted octanol–water partition coefficient (Wildman–Crippen LogP) is 4.49. The summed E-state index contributed by atoms with van der Waals surface area (Å²) < 4.78 is 28.0. The molecule has 0 unspecified atom stereocenters. The number of fused-ring (bicyclic) bond motifs is 1. The molecule has 1 amide bonds. The van der Waals surface area contributed by atoms with Gasteiger partial charge in [-0.15, -0.1) is 11.3 Å². The number of hydrogen-bond donors (Lipinski definition) is 1. The monoisotopic (exact) mass is 431 g/mol. The molecule has 0 aliphatic rings. The van der Waals surface area contributed by atoms with Gasteiger partial charge in [-0.2, -0.15) is 8.78 Å². The topological polar surface area (TPSA) is 46.9 Å². The lowest BCUT2D eigenvalue weighted by atomic mass is 10.3. The molecule has 3 aromatic rings. The molecular weight excluding hydrogens is 420 g/mol. The van der Waals surface area contributed by atoms with Crippen LogP contribution in [0.25, 0.3) is 11.0 Å². The molecule has 1 N–H and O–H groups in total. The number of nitrogens with zero attached hydrogens (tertiary/aromatic N) is 2. The summed E-state index contributed by atoms with van der Waals surface area (Å²) >= 11 is 5.24. The highest BCUT2D eigenvalue weighted by molar-refractivity contribution is 9.11. The quantitative estimate of drug-likeness (QED) is 0.584. The highest BCUT2D eigenvalue weighted by Crippen LogP contribution is 2.28. The van der Waals surface area contributed by atoms with E-state index in [-0.39, 0.29) is 17.6 Å². The molecule has 0 saturated carbocycles. The second kappa shape index (κ2) is 7.62. The molecule has 0 saturated heterocycles. The van der Waals surface area contributed by atoms with Gasteiger partial charge in [0.2, 0.25) is 5.91 Å². The van der Waals surface area contributed by atoms with Gasteiger partial charge in [0.25, 0.3) is 5.76 Å². The number of thioether (sulfide) groups is 1. The predicted molar refractivity (Wildman–Crippen MR) is 95.5 cm³/mol. The third-order valence-corrected chi connectivity index (χ3v) is 5.53. The molecule has 9 heteroatoms. The number of aromatic nitrogens is 2. The third kappa shape index (κ3) is 4.14. The summed E-state index contributed by atoms with van der Waals surface area (Å²) in [6.45, 7) is 0.348. The van der Waals surface area contributed by atoms with E-state index in [0.717, 1.165) is 8.66 Å². The average Bonchev–Trinajstić information content (AvgIpc) is 3.09. The van der Waals surface area contributed by atoms with E-state index in [0.29, 0.717) is 29.3 Å². The molecule has 0 radical (unpaired) electrons. The standard InChI is InChI=1S/C15H12BrF2N3OS2/c16-12-6-5-9(23-12)7-19-13(22)8-21-11-4-2-1-3-10(11)20-15(21)24-14(17)18/h1-6,14H,7-8H2,(H,19,22). The van der Waals surface area contributed by atoms with Crippen LogP contribution in [0.4, 0.5) is 8.78 Å². The molecule has 0 atom stereocenters. The van der Waals surface area contributed by atoms with Crippen molar-refractivity contribution in [3.8, 4) is 0 Å². The van der Waals surface area contributed by atoms with Crippen molar-refractivity contribution in [3.63, 3.8) is 0 Å². The Hall–Kier alpha value is -1.45. The first-order valence-corrected chi connectivity index (χ1v) is 9.43. The number of thiophene rings is 1. The summed E-state index contributed by atoms with van der Waals surface area (Å²) in [6.07, 6.45) is 0. The Bertz CT molecular complexity index is 865. The molecule has 2 aromatic heterocycles. The number of halogens is 3. The van der Waals surface area contributed by atoms with Crippen molar-refractivity contribution in [1.29, 1.82) is 0 Å². The minimum atomic E-state index is -2.59. The van der Waals surface area contributed by atoms with Crippen LogP contribution in [0.2, 0.25) is 0 Å². The van der Waals surface area contributed by atoms with Crippen LogP contribution in [0.1, 0.15) is 4.88 Å². The van der Waals surface area contributed by atoms with Gasteiger partial charge in [0, 0.05) is 4.88 Å². The summed E-state index contributed by atoms with van der Waals surface area (Å²) in [5.41, 5.74) is 1.25. The Balaban J connectivity index is 1.76. The fraction of sp³-hybridized carbons (Fsp3) is 0.200. The molecular formula is C15H12BrF2N3OS2. The average molecular weight is 432 g/mol. The number of imidazole rings is 1. The second-order valence-corrected chi connectivity index (χ2v) is 8.34. The van der Waals surface area contributed by atoms with Gasteiger partial charge in [0.1, 0.15) is 6.54 Å². The van der Waals surface area contributed by atoms with Crippen molar-refractivity contribution in [1.82, 2.24) is 14.9 Å². The third-order valence-electron chi connectivity index (χ3n) is 3.20. The van der Waals surface area contributed by atoms with Crippen LogP contribution in [-0.4, -0.2) is 21.2 Å². The van der Waals surface area contributed by atoms with Crippen LogP contribution in [-0.2, 0) is 17.9 Å². The van der Waals surface area contributed by atoms with E-state index in [1.807, 2.05) is 12.1 Å². The first-order valence-electron chi connectivity index (χ1n) is 6.94. The van der Waals surface area contributed by atoms with Crippen LogP contribution in [0.3, 0.4) is 0 Å². The lowest BCUT2D eigenvalue weighted by Gasteiger charge is -2.09. The van der Waals surface area contributed by atoms with E-state index in [2.05, 4.69) is 26.2 Å². The fourth-order valence-corrected chi connectivity index (χ4v) is 4.23. The fourth-order valence-electron chi connectivity index (χ4n) is 2.21. The first-order chi connectivity index (χ1) is 11.5. The number of rotatable bonds is 6. The van der Waals surface area contributed by atoms with Gasteiger partial charge in [-0.1, -0.05) is 12.1 Å². The zero-order chi connectivity index (χ0) is 17.1. The normalized spacial score (nSPS) is 11.3. The molecule has 126 valence electrons. The van der Waals surface area contributed by atoms with E-state index < -0.39 is 5.76 Å². The zero-order valence-corrected chi connectivity index (χ0v) is 15.4. The van der Waals surface area contributed by atoms with Gasteiger partial charge in [-0.05, 0) is 52.0 Å². The molecule has 24 heavy (non-hydrogen) atoms. The highest BCUT2D eigenvalue weighted by atomic mass is 79.9. The Labute approximate surface area is 153 Å². The summed E-state index contributed by atoms with van der Waals surface area (Å²) in [6, 6.07) is 10.9. The highest BCUT2D eigenvalue weighted by Gasteiger charge is 2.17. The van der Waals surface area contributed by atoms with E-state index >= 15 is 0 Å².